The predicted molar refractivity (Wildman–Crippen MR) is 99.7 cm³/mol. The average Bonchev–Trinajstić information content (AvgIpc) is 3.14. The second-order valence-electron chi connectivity index (χ2n) is 6.29. The van der Waals surface area contributed by atoms with Gasteiger partial charge in [0.25, 0.3) is 0 Å². The molecule has 0 radical (unpaired) electrons. The number of nitrogens with zero attached hydrogens (tertiary/aromatic N) is 3. The lowest BCUT2D eigenvalue weighted by atomic mass is 10.2. The maximum absolute atomic E-state index is 12.5. The summed E-state index contributed by atoms with van der Waals surface area (Å²) in [6.45, 7) is 1.21. The first-order valence-electron chi connectivity index (χ1n) is 8.80. The molecule has 27 heavy (non-hydrogen) atoms. The molecule has 8 heteroatoms. The molecular weight excluding hydrogens is 368 g/mol. The quantitative estimate of drug-likeness (QED) is 0.730. The number of esters is 1. The summed E-state index contributed by atoms with van der Waals surface area (Å²) in [5, 5.41) is 3.09. The van der Waals surface area contributed by atoms with Crippen molar-refractivity contribution in [2.45, 2.75) is 32.0 Å². The van der Waals surface area contributed by atoms with Crippen molar-refractivity contribution in [3.05, 3.63) is 59.1 Å². The highest BCUT2D eigenvalue weighted by Crippen LogP contribution is 2.18. The number of nitrogens with one attached hydrogen (secondary N) is 1. The third-order valence-electron chi connectivity index (χ3n) is 4.39. The van der Waals surface area contributed by atoms with Crippen LogP contribution in [0.15, 0.2) is 42.7 Å². The van der Waals surface area contributed by atoms with Gasteiger partial charge < -0.3 is 10.1 Å². The van der Waals surface area contributed by atoms with Gasteiger partial charge >= 0.3 is 5.97 Å². The van der Waals surface area contributed by atoms with Gasteiger partial charge in [-0.05, 0) is 24.9 Å². The number of amides is 1. The van der Waals surface area contributed by atoms with Crippen LogP contribution in [-0.2, 0) is 27.5 Å². The monoisotopic (exact) mass is 388 g/mol. The molecule has 0 spiro atoms. The molecule has 1 N–H and O–H groups in total. The Balaban J connectivity index is 1.48. The van der Waals surface area contributed by atoms with E-state index in [4.69, 9.17) is 16.3 Å². The molecule has 1 saturated heterocycles. The molecular formula is C19H21ClN4O3. The van der Waals surface area contributed by atoms with Crippen LogP contribution < -0.4 is 5.32 Å². The van der Waals surface area contributed by atoms with E-state index in [1.165, 1.54) is 12.4 Å². The molecule has 7 nitrogen and oxygen atoms in total. The van der Waals surface area contributed by atoms with E-state index in [1.807, 2.05) is 35.2 Å². The third kappa shape index (κ3) is 5.48. The van der Waals surface area contributed by atoms with Gasteiger partial charge in [-0.1, -0.05) is 41.9 Å². The normalized spacial score (nSPS) is 16.9. The van der Waals surface area contributed by atoms with Crippen molar-refractivity contribution in [2.75, 3.05) is 13.1 Å². The van der Waals surface area contributed by atoms with Crippen molar-refractivity contribution in [1.29, 1.82) is 0 Å². The first kappa shape index (κ1) is 19.3. The smallest absolute Gasteiger partial charge is 0.320 e. The van der Waals surface area contributed by atoms with Crippen LogP contribution in [-0.4, -0.2) is 45.9 Å². The number of ether oxygens (including phenoxy) is 1. The SMILES string of the molecule is O=C(CN1CCC[C@H]1C(=O)NCc1nccnc1Cl)OCc1ccccc1. The molecule has 0 saturated carbocycles. The molecule has 2 aromatic rings. The summed E-state index contributed by atoms with van der Waals surface area (Å²) in [5.41, 5.74) is 1.45. The molecule has 1 aromatic heterocycles. The molecule has 1 amide bonds. The van der Waals surface area contributed by atoms with Gasteiger partial charge in [0.15, 0.2) is 5.15 Å². The minimum Gasteiger partial charge on any atom is -0.460 e. The summed E-state index contributed by atoms with van der Waals surface area (Å²) in [4.78, 5) is 34.5. The van der Waals surface area contributed by atoms with E-state index in [0.29, 0.717) is 18.7 Å². The average molecular weight is 389 g/mol. The molecule has 0 aliphatic carbocycles. The Hall–Kier alpha value is -2.51. The van der Waals surface area contributed by atoms with Gasteiger partial charge in [-0.15, -0.1) is 0 Å². The Morgan fingerprint density at radius 3 is 2.78 bits per heavy atom. The Morgan fingerprint density at radius 2 is 2.00 bits per heavy atom. The van der Waals surface area contributed by atoms with Crippen molar-refractivity contribution < 1.29 is 14.3 Å². The molecule has 1 aliphatic rings. The number of aromatic nitrogens is 2. The number of benzene rings is 1. The number of halogens is 1. The fraction of sp³-hybridized carbons (Fsp3) is 0.368. The second-order valence-corrected chi connectivity index (χ2v) is 6.64. The van der Waals surface area contributed by atoms with Crippen LogP contribution in [0.4, 0.5) is 0 Å². The Bertz CT molecular complexity index is 788. The number of carbonyl (C=O) groups excluding carboxylic acids is 2. The zero-order chi connectivity index (χ0) is 19.1. The second kappa shape index (κ2) is 9.43. The van der Waals surface area contributed by atoms with E-state index in [0.717, 1.165) is 12.0 Å². The number of hydrogen-bond donors (Lipinski definition) is 1. The van der Waals surface area contributed by atoms with Crippen LogP contribution in [0.1, 0.15) is 24.1 Å². The summed E-state index contributed by atoms with van der Waals surface area (Å²) in [6, 6.07) is 9.14. The van der Waals surface area contributed by atoms with E-state index < -0.39 is 0 Å². The lowest BCUT2D eigenvalue weighted by Gasteiger charge is -2.22. The van der Waals surface area contributed by atoms with Gasteiger partial charge in [-0.25, -0.2) is 4.98 Å². The Morgan fingerprint density at radius 1 is 1.22 bits per heavy atom. The molecule has 2 heterocycles. The zero-order valence-corrected chi connectivity index (χ0v) is 15.6. The Kier molecular flexibility index (Phi) is 6.73. The largest absolute Gasteiger partial charge is 0.460 e. The van der Waals surface area contributed by atoms with Crippen LogP contribution in [0, 0.1) is 0 Å². The molecule has 3 rings (SSSR count). The Labute approximate surface area is 162 Å². The number of carbonyl (C=O) groups is 2. The van der Waals surface area contributed by atoms with E-state index in [1.54, 1.807) is 0 Å². The fourth-order valence-corrected chi connectivity index (χ4v) is 3.19. The molecule has 0 unspecified atom stereocenters. The van der Waals surface area contributed by atoms with Gasteiger partial charge in [-0.2, -0.15) is 0 Å². The summed E-state index contributed by atoms with van der Waals surface area (Å²) in [6.07, 6.45) is 4.58. The first-order valence-corrected chi connectivity index (χ1v) is 9.18. The highest BCUT2D eigenvalue weighted by atomic mass is 35.5. The van der Waals surface area contributed by atoms with Crippen molar-refractivity contribution >= 4 is 23.5 Å². The minimum atomic E-state index is -0.357. The number of rotatable bonds is 7. The zero-order valence-electron chi connectivity index (χ0n) is 14.8. The minimum absolute atomic E-state index is 0.0941. The van der Waals surface area contributed by atoms with Crippen molar-refractivity contribution in [2.24, 2.45) is 0 Å². The van der Waals surface area contributed by atoms with Crippen LogP contribution in [0.3, 0.4) is 0 Å². The van der Waals surface area contributed by atoms with Gasteiger partial charge in [0, 0.05) is 12.4 Å². The van der Waals surface area contributed by atoms with Gasteiger partial charge in [0.2, 0.25) is 5.91 Å². The maximum atomic E-state index is 12.5. The van der Waals surface area contributed by atoms with E-state index in [2.05, 4.69) is 15.3 Å². The molecule has 1 aliphatic heterocycles. The fourth-order valence-electron chi connectivity index (χ4n) is 3.02. The molecule has 1 fully saturated rings. The van der Waals surface area contributed by atoms with Crippen molar-refractivity contribution in [3.63, 3.8) is 0 Å². The third-order valence-corrected chi connectivity index (χ3v) is 4.71. The topological polar surface area (TPSA) is 84.4 Å². The van der Waals surface area contributed by atoms with E-state index in [-0.39, 0.29) is 42.8 Å². The molecule has 1 aromatic carbocycles. The maximum Gasteiger partial charge on any atom is 0.320 e. The van der Waals surface area contributed by atoms with E-state index in [9.17, 15) is 9.59 Å². The van der Waals surface area contributed by atoms with Crippen molar-refractivity contribution in [1.82, 2.24) is 20.2 Å². The summed E-state index contributed by atoms with van der Waals surface area (Å²) in [7, 11) is 0. The van der Waals surface area contributed by atoms with Crippen LogP contribution >= 0.6 is 11.6 Å². The van der Waals surface area contributed by atoms with Crippen LogP contribution in [0.25, 0.3) is 0 Å². The van der Waals surface area contributed by atoms with E-state index >= 15 is 0 Å². The summed E-state index contributed by atoms with van der Waals surface area (Å²) >= 11 is 5.95. The molecule has 1 atom stereocenters. The summed E-state index contributed by atoms with van der Waals surface area (Å²) in [5.74, 6) is -0.486. The lowest BCUT2D eigenvalue weighted by Crippen LogP contribution is -2.45. The van der Waals surface area contributed by atoms with Gasteiger partial charge in [0.05, 0.1) is 24.8 Å². The highest BCUT2D eigenvalue weighted by molar-refractivity contribution is 6.29. The van der Waals surface area contributed by atoms with Crippen molar-refractivity contribution in [3.8, 4) is 0 Å². The van der Waals surface area contributed by atoms with Crippen LogP contribution in [0.5, 0.6) is 0 Å². The van der Waals surface area contributed by atoms with Gasteiger partial charge in [-0.3, -0.25) is 19.5 Å². The standard InChI is InChI=1S/C19H21ClN4O3/c20-18-15(21-8-9-22-18)11-23-19(26)16-7-4-10-24(16)12-17(25)27-13-14-5-2-1-3-6-14/h1-3,5-6,8-9,16H,4,7,10-13H2,(H,23,26)/t16-/m0/s1. The summed E-state index contributed by atoms with van der Waals surface area (Å²) < 4.78 is 5.32. The lowest BCUT2D eigenvalue weighted by molar-refractivity contribution is -0.147. The number of hydrogen-bond acceptors (Lipinski definition) is 6. The number of likely N-dealkylation sites (tertiary alicyclic amines) is 1. The molecule has 0 bridgehead atoms. The molecule has 142 valence electrons. The van der Waals surface area contributed by atoms with Crippen LogP contribution in [0.2, 0.25) is 5.15 Å². The highest BCUT2D eigenvalue weighted by Gasteiger charge is 2.32. The van der Waals surface area contributed by atoms with Gasteiger partial charge in [0.1, 0.15) is 6.61 Å². The first-order chi connectivity index (χ1) is 13.1. The predicted octanol–water partition coefficient (Wildman–Crippen LogP) is 1.95.